The molecule has 1 heterocycles. The summed E-state index contributed by atoms with van der Waals surface area (Å²) >= 11 is 6.23. The van der Waals surface area contributed by atoms with Crippen molar-refractivity contribution in [1.82, 2.24) is 4.90 Å². The molecule has 1 fully saturated rings. The van der Waals surface area contributed by atoms with Crippen molar-refractivity contribution in [3.63, 3.8) is 0 Å². The third-order valence-electron chi connectivity index (χ3n) is 3.84. The van der Waals surface area contributed by atoms with E-state index >= 15 is 0 Å². The molecule has 144 valence electrons. The zero-order valence-electron chi connectivity index (χ0n) is 14.7. The molecule has 1 amide bonds. The third kappa shape index (κ3) is 4.86. The summed E-state index contributed by atoms with van der Waals surface area (Å²) in [6, 6.07) is 5.68. The second-order valence-corrected chi connectivity index (χ2v) is 7.51. The summed E-state index contributed by atoms with van der Waals surface area (Å²) in [5.74, 6) is -2.39. The Balaban J connectivity index is 2.33. The fourth-order valence-corrected chi connectivity index (χ4v) is 3.82. The van der Waals surface area contributed by atoms with Crippen LogP contribution in [0.2, 0.25) is 0 Å². The first kappa shape index (κ1) is 20.9. The van der Waals surface area contributed by atoms with Gasteiger partial charge in [-0.1, -0.05) is 55.5 Å². The molecule has 1 saturated heterocycles. The highest BCUT2D eigenvalue weighted by molar-refractivity contribution is 8.26. The van der Waals surface area contributed by atoms with E-state index in [0.717, 1.165) is 16.7 Å². The summed E-state index contributed by atoms with van der Waals surface area (Å²) in [6.45, 7) is 3.24. The first-order chi connectivity index (χ1) is 12.8. The number of carboxylic acid groups (broad SMARTS) is 2. The lowest BCUT2D eigenvalue weighted by Gasteiger charge is -2.22. The Bertz CT molecular complexity index is 807. The van der Waals surface area contributed by atoms with E-state index in [9.17, 15) is 19.5 Å². The Kier molecular flexibility index (Phi) is 6.98. The lowest BCUT2D eigenvalue weighted by molar-refractivity contribution is -0.145. The number of nitrogens with zero attached hydrogens (tertiary/aromatic N) is 1. The van der Waals surface area contributed by atoms with E-state index in [1.165, 1.54) is 13.0 Å². The number of rotatable bonds is 8. The molecule has 9 heteroatoms. The van der Waals surface area contributed by atoms with Gasteiger partial charge in [-0.15, -0.1) is 0 Å². The lowest BCUT2D eigenvalue weighted by Crippen LogP contribution is -2.43. The van der Waals surface area contributed by atoms with Gasteiger partial charge in [-0.25, -0.2) is 9.59 Å². The molecule has 0 radical (unpaired) electrons. The average Bonchev–Trinajstić information content (AvgIpc) is 2.88. The van der Waals surface area contributed by atoms with Gasteiger partial charge in [0.05, 0.1) is 4.91 Å². The van der Waals surface area contributed by atoms with Crippen LogP contribution in [0.5, 0.6) is 5.75 Å². The fourth-order valence-electron chi connectivity index (χ4n) is 2.47. The molecule has 0 bridgehead atoms. The first-order valence-electron chi connectivity index (χ1n) is 8.24. The quantitative estimate of drug-likeness (QED) is 0.499. The van der Waals surface area contributed by atoms with Gasteiger partial charge in [0.15, 0.2) is 6.10 Å². The number of carboxylic acids is 2. The molecule has 1 aliphatic rings. The van der Waals surface area contributed by atoms with Crippen molar-refractivity contribution < 1.29 is 29.3 Å². The van der Waals surface area contributed by atoms with E-state index in [2.05, 4.69) is 0 Å². The topological polar surface area (TPSA) is 104 Å². The van der Waals surface area contributed by atoms with Crippen molar-refractivity contribution in [3.05, 3.63) is 34.7 Å². The van der Waals surface area contributed by atoms with Crippen LogP contribution in [0.15, 0.2) is 29.2 Å². The van der Waals surface area contributed by atoms with Gasteiger partial charge >= 0.3 is 11.9 Å². The van der Waals surface area contributed by atoms with E-state index in [1.54, 1.807) is 24.3 Å². The number of carbonyl (C=O) groups excluding carboxylic acids is 1. The Morgan fingerprint density at radius 3 is 2.56 bits per heavy atom. The van der Waals surface area contributed by atoms with Crippen LogP contribution in [0.1, 0.15) is 32.3 Å². The van der Waals surface area contributed by atoms with Crippen molar-refractivity contribution in [3.8, 4) is 5.75 Å². The van der Waals surface area contributed by atoms with Crippen LogP contribution >= 0.6 is 24.0 Å². The largest absolute Gasteiger partial charge is 0.480 e. The molecule has 1 aromatic carbocycles. The highest BCUT2D eigenvalue weighted by Crippen LogP contribution is 2.36. The van der Waals surface area contributed by atoms with Gasteiger partial charge < -0.3 is 14.9 Å². The molecular weight excluding hydrogens is 390 g/mol. The normalized spacial score (nSPS) is 17.9. The first-order valence-corrected chi connectivity index (χ1v) is 9.47. The smallest absolute Gasteiger partial charge is 0.344 e. The molecular formula is C18H19NO6S2. The number of hydrogen-bond acceptors (Lipinski definition) is 6. The standard InChI is InChI=1S/C18H19NO6S2/c1-3-6-12(17(23)24)19-15(20)14(27-18(19)26)9-11-7-4-5-8-13(11)25-10(2)16(21)22/h4-5,7-10,12H,3,6H2,1-2H3,(H,21,22)(H,23,24)/b14-9-. The molecule has 1 aliphatic heterocycles. The maximum absolute atomic E-state index is 12.7. The van der Waals surface area contributed by atoms with Crippen LogP contribution in [0.25, 0.3) is 6.08 Å². The van der Waals surface area contributed by atoms with Gasteiger partial charge in [-0.3, -0.25) is 9.69 Å². The fraction of sp³-hybridized carbons (Fsp3) is 0.333. The predicted molar refractivity (Wildman–Crippen MR) is 106 cm³/mol. The Labute approximate surface area is 166 Å². The molecule has 2 atom stereocenters. The van der Waals surface area contributed by atoms with E-state index in [1.807, 2.05) is 6.92 Å². The van der Waals surface area contributed by atoms with Crippen LogP contribution in [-0.4, -0.2) is 49.4 Å². The number of thioether (sulfide) groups is 1. The summed E-state index contributed by atoms with van der Waals surface area (Å²) in [7, 11) is 0. The van der Waals surface area contributed by atoms with E-state index in [-0.39, 0.29) is 9.23 Å². The van der Waals surface area contributed by atoms with Crippen molar-refractivity contribution in [1.29, 1.82) is 0 Å². The minimum Gasteiger partial charge on any atom is -0.480 e. The number of carbonyl (C=O) groups is 3. The van der Waals surface area contributed by atoms with Crippen molar-refractivity contribution in [2.45, 2.75) is 38.8 Å². The maximum Gasteiger partial charge on any atom is 0.344 e. The maximum atomic E-state index is 12.7. The van der Waals surface area contributed by atoms with Crippen LogP contribution < -0.4 is 4.74 Å². The number of hydrogen-bond donors (Lipinski definition) is 2. The van der Waals surface area contributed by atoms with Gasteiger partial charge in [0, 0.05) is 5.56 Å². The van der Waals surface area contributed by atoms with Gasteiger partial charge in [0.25, 0.3) is 5.91 Å². The zero-order valence-corrected chi connectivity index (χ0v) is 16.4. The molecule has 2 rings (SSSR count). The van der Waals surface area contributed by atoms with E-state index in [0.29, 0.717) is 24.2 Å². The number of ether oxygens (including phenoxy) is 1. The second-order valence-electron chi connectivity index (χ2n) is 5.83. The number of aliphatic carboxylic acids is 2. The van der Waals surface area contributed by atoms with Gasteiger partial charge in [-0.2, -0.15) is 0 Å². The molecule has 0 aliphatic carbocycles. The van der Waals surface area contributed by atoms with Crippen LogP contribution in [-0.2, 0) is 14.4 Å². The van der Waals surface area contributed by atoms with Crippen molar-refractivity contribution >= 4 is 52.2 Å². The van der Waals surface area contributed by atoms with Crippen molar-refractivity contribution in [2.24, 2.45) is 0 Å². The van der Waals surface area contributed by atoms with E-state index < -0.39 is 30.0 Å². The van der Waals surface area contributed by atoms with Gasteiger partial charge in [0.1, 0.15) is 16.1 Å². The zero-order chi connectivity index (χ0) is 20.1. The number of thiocarbonyl (C=S) groups is 1. The molecule has 27 heavy (non-hydrogen) atoms. The van der Waals surface area contributed by atoms with Gasteiger partial charge in [-0.05, 0) is 25.5 Å². The SMILES string of the molecule is CCCC(C(=O)O)N1C(=O)/C(=C/c2ccccc2OC(C)C(=O)O)SC1=S. The highest BCUT2D eigenvalue weighted by atomic mass is 32.2. The molecule has 2 N–H and O–H groups in total. The molecule has 2 unspecified atom stereocenters. The van der Waals surface area contributed by atoms with Crippen LogP contribution in [0, 0.1) is 0 Å². The monoisotopic (exact) mass is 409 g/mol. The molecule has 0 saturated carbocycles. The summed E-state index contributed by atoms with van der Waals surface area (Å²) in [6.07, 6.45) is 1.37. The Morgan fingerprint density at radius 2 is 1.96 bits per heavy atom. The Hall–Kier alpha value is -2.39. The lowest BCUT2D eigenvalue weighted by atomic mass is 10.1. The Morgan fingerprint density at radius 1 is 1.30 bits per heavy atom. The minimum absolute atomic E-state index is 0.185. The van der Waals surface area contributed by atoms with Gasteiger partial charge in [0.2, 0.25) is 0 Å². The average molecular weight is 409 g/mol. The number of benzene rings is 1. The molecule has 0 spiro atoms. The van der Waals surface area contributed by atoms with Crippen LogP contribution in [0.4, 0.5) is 0 Å². The summed E-state index contributed by atoms with van der Waals surface area (Å²) < 4.78 is 5.61. The summed E-state index contributed by atoms with van der Waals surface area (Å²) in [4.78, 5) is 36.7. The highest BCUT2D eigenvalue weighted by Gasteiger charge is 2.40. The third-order valence-corrected chi connectivity index (χ3v) is 5.17. The predicted octanol–water partition coefficient (Wildman–Crippen LogP) is 2.99. The molecule has 1 aromatic rings. The number of amides is 1. The van der Waals surface area contributed by atoms with Crippen molar-refractivity contribution in [2.75, 3.05) is 0 Å². The number of para-hydroxylation sites is 1. The summed E-state index contributed by atoms with van der Waals surface area (Å²) in [5, 5.41) is 18.4. The minimum atomic E-state index is -1.11. The van der Waals surface area contributed by atoms with E-state index in [4.69, 9.17) is 22.1 Å². The second kappa shape index (κ2) is 9.01. The molecule has 0 aromatic heterocycles. The molecule has 7 nitrogen and oxygen atoms in total. The summed E-state index contributed by atoms with van der Waals surface area (Å²) in [5.41, 5.74) is 0.508. The van der Waals surface area contributed by atoms with Crippen LogP contribution in [0.3, 0.4) is 0 Å².